The van der Waals surface area contributed by atoms with Gasteiger partial charge in [0.15, 0.2) is 0 Å². The summed E-state index contributed by atoms with van der Waals surface area (Å²) in [6, 6.07) is 4.49. The maximum atomic E-state index is 12.3. The number of halogens is 1. The second-order valence-corrected chi connectivity index (χ2v) is 7.29. The molecule has 0 saturated heterocycles. The van der Waals surface area contributed by atoms with E-state index in [2.05, 4.69) is 10.0 Å². The van der Waals surface area contributed by atoms with Crippen LogP contribution in [0, 0.1) is 6.92 Å². The smallest absolute Gasteiger partial charge is 0.252 e. The maximum Gasteiger partial charge on any atom is 0.252 e. The first-order chi connectivity index (χ1) is 9.63. The molecule has 1 amide bonds. The molecule has 0 aliphatic carbocycles. The highest BCUT2D eigenvalue weighted by Gasteiger charge is 2.22. The Morgan fingerprint density at radius 2 is 1.91 bits per heavy atom. The van der Waals surface area contributed by atoms with Crippen molar-refractivity contribution in [3.8, 4) is 0 Å². The fourth-order valence-corrected chi connectivity index (χ4v) is 2.78. The number of nitrogens with two attached hydrogens (primary N) is 1. The van der Waals surface area contributed by atoms with Gasteiger partial charge in [-0.25, -0.2) is 13.1 Å². The molecule has 6 nitrogen and oxygen atoms in total. The predicted octanol–water partition coefficient (Wildman–Crippen LogP) is 1.18. The fraction of sp³-hybridized carbons (Fsp3) is 0.500. The normalized spacial score (nSPS) is 11.7. The Hall–Kier alpha value is -1.15. The summed E-state index contributed by atoms with van der Waals surface area (Å²) >= 11 is 0. The number of hydrogen-bond acceptors (Lipinski definition) is 4. The van der Waals surface area contributed by atoms with Crippen molar-refractivity contribution in [2.45, 2.75) is 38.1 Å². The molecule has 8 heteroatoms. The number of carbonyl (C=O) groups is 1. The lowest BCUT2D eigenvalue weighted by molar-refractivity contribution is 0.0915. The van der Waals surface area contributed by atoms with Crippen molar-refractivity contribution < 1.29 is 13.2 Å². The number of nitrogens with one attached hydrogen (secondary N) is 2. The summed E-state index contributed by atoms with van der Waals surface area (Å²) in [5.74, 6) is -0.337. The first-order valence-electron chi connectivity index (χ1n) is 6.76. The van der Waals surface area contributed by atoms with Gasteiger partial charge in [0.25, 0.3) is 5.91 Å². The van der Waals surface area contributed by atoms with Gasteiger partial charge in [-0.1, -0.05) is 13.0 Å². The predicted molar refractivity (Wildman–Crippen MR) is 89.9 cm³/mol. The van der Waals surface area contributed by atoms with Gasteiger partial charge in [-0.2, -0.15) is 0 Å². The highest BCUT2D eigenvalue weighted by molar-refractivity contribution is 7.89. The third kappa shape index (κ3) is 5.24. The maximum absolute atomic E-state index is 12.3. The molecule has 0 aromatic heterocycles. The van der Waals surface area contributed by atoms with Crippen LogP contribution in [0.1, 0.15) is 36.7 Å². The zero-order chi connectivity index (χ0) is 16.3. The lowest BCUT2D eigenvalue weighted by atomic mass is 10.0. The van der Waals surface area contributed by atoms with Gasteiger partial charge in [0.2, 0.25) is 10.0 Å². The van der Waals surface area contributed by atoms with Crippen LogP contribution >= 0.6 is 12.4 Å². The van der Waals surface area contributed by atoms with Gasteiger partial charge < -0.3 is 11.1 Å². The molecule has 0 fully saturated rings. The Bertz CT molecular complexity index is 630. The van der Waals surface area contributed by atoms with Crippen LogP contribution in [0.15, 0.2) is 23.1 Å². The van der Waals surface area contributed by atoms with Crippen LogP contribution in [0.5, 0.6) is 0 Å². The second-order valence-electron chi connectivity index (χ2n) is 5.52. The Morgan fingerprint density at radius 3 is 2.41 bits per heavy atom. The van der Waals surface area contributed by atoms with E-state index in [4.69, 9.17) is 5.73 Å². The van der Waals surface area contributed by atoms with Crippen LogP contribution in [0.3, 0.4) is 0 Å². The van der Waals surface area contributed by atoms with Crippen molar-refractivity contribution in [3.05, 3.63) is 29.3 Å². The zero-order valence-corrected chi connectivity index (χ0v) is 14.9. The Kier molecular flexibility index (Phi) is 7.50. The molecule has 0 aliphatic heterocycles. The molecule has 1 aromatic rings. The third-order valence-corrected chi connectivity index (χ3v) is 4.60. The van der Waals surface area contributed by atoms with Gasteiger partial charge >= 0.3 is 0 Å². The minimum absolute atomic E-state index is 0. The minimum Gasteiger partial charge on any atom is -0.346 e. The van der Waals surface area contributed by atoms with E-state index in [0.29, 0.717) is 11.1 Å². The van der Waals surface area contributed by atoms with Crippen LogP contribution < -0.4 is 15.8 Å². The van der Waals surface area contributed by atoms with Gasteiger partial charge in [-0.05, 0) is 38.5 Å². The molecule has 4 N–H and O–H groups in total. The molecule has 0 spiro atoms. The Morgan fingerprint density at radius 1 is 1.32 bits per heavy atom. The van der Waals surface area contributed by atoms with Gasteiger partial charge in [0, 0.05) is 24.2 Å². The van der Waals surface area contributed by atoms with Crippen molar-refractivity contribution in [1.82, 2.24) is 10.0 Å². The molecule has 1 aromatic carbocycles. The summed E-state index contributed by atoms with van der Waals surface area (Å²) in [7, 11) is -3.59. The Balaban J connectivity index is 0.00000441. The van der Waals surface area contributed by atoms with E-state index in [0.717, 1.165) is 0 Å². The molecule has 0 unspecified atom stereocenters. The highest BCUT2D eigenvalue weighted by Crippen LogP contribution is 2.16. The number of benzene rings is 1. The molecule has 0 saturated carbocycles. The first kappa shape index (κ1) is 20.9. The van der Waals surface area contributed by atoms with Gasteiger partial charge in [0.05, 0.1) is 4.90 Å². The molecule has 0 bridgehead atoms. The van der Waals surface area contributed by atoms with E-state index in [1.54, 1.807) is 33.8 Å². The molecule has 1 rings (SSSR count). The summed E-state index contributed by atoms with van der Waals surface area (Å²) in [5, 5.41) is 2.79. The van der Waals surface area contributed by atoms with Crippen LogP contribution in [-0.4, -0.2) is 33.0 Å². The number of aryl methyl sites for hydroxylation is 1. The van der Waals surface area contributed by atoms with E-state index in [1.807, 2.05) is 0 Å². The number of carbonyl (C=O) groups excluding carboxylic acids is 1. The average Bonchev–Trinajstić information content (AvgIpc) is 2.38. The third-order valence-electron chi connectivity index (χ3n) is 3.06. The zero-order valence-electron chi connectivity index (χ0n) is 13.3. The highest BCUT2D eigenvalue weighted by atomic mass is 35.5. The number of rotatable bonds is 6. The molecule has 0 atom stereocenters. The van der Waals surface area contributed by atoms with Crippen LogP contribution in [-0.2, 0) is 10.0 Å². The van der Waals surface area contributed by atoms with Crippen molar-refractivity contribution in [2.75, 3.05) is 13.1 Å². The molecule has 126 valence electrons. The summed E-state index contributed by atoms with van der Waals surface area (Å²) in [4.78, 5) is 12.4. The van der Waals surface area contributed by atoms with Gasteiger partial charge in [-0.15, -0.1) is 12.4 Å². The standard InChI is InChI=1S/C14H23N3O3S.ClH/c1-5-16-21(19,20)11-7-6-10(2)12(8-11)13(18)17-14(3,4)9-15;/h6-8,16H,5,9,15H2,1-4H3,(H,17,18);1H. The summed E-state index contributed by atoms with van der Waals surface area (Å²) in [6.07, 6.45) is 0. The molecular formula is C14H24ClN3O3S. The first-order valence-corrected chi connectivity index (χ1v) is 8.24. The quantitative estimate of drug-likeness (QED) is 0.717. The number of hydrogen-bond donors (Lipinski definition) is 3. The van der Waals surface area contributed by atoms with Crippen LogP contribution in [0.2, 0.25) is 0 Å². The van der Waals surface area contributed by atoms with E-state index in [9.17, 15) is 13.2 Å². The molecular weight excluding hydrogens is 326 g/mol. The monoisotopic (exact) mass is 349 g/mol. The van der Waals surface area contributed by atoms with Crippen molar-refractivity contribution in [1.29, 1.82) is 0 Å². The SMILES string of the molecule is CCNS(=O)(=O)c1ccc(C)c(C(=O)NC(C)(C)CN)c1.Cl. The number of sulfonamides is 1. The van der Waals surface area contributed by atoms with Crippen molar-refractivity contribution in [3.63, 3.8) is 0 Å². The van der Waals surface area contributed by atoms with Crippen molar-refractivity contribution in [2.24, 2.45) is 5.73 Å². The van der Waals surface area contributed by atoms with Gasteiger partial charge in [0.1, 0.15) is 0 Å². The summed E-state index contributed by atoms with van der Waals surface area (Å²) < 4.78 is 26.4. The Labute approximate surface area is 138 Å². The molecule has 0 heterocycles. The van der Waals surface area contributed by atoms with E-state index in [1.165, 1.54) is 12.1 Å². The van der Waals surface area contributed by atoms with Crippen LogP contribution in [0.25, 0.3) is 0 Å². The minimum atomic E-state index is -3.59. The molecule has 0 radical (unpaired) electrons. The summed E-state index contributed by atoms with van der Waals surface area (Å²) in [6.45, 7) is 7.64. The average molecular weight is 350 g/mol. The van der Waals surface area contributed by atoms with Crippen LogP contribution in [0.4, 0.5) is 0 Å². The second kappa shape index (κ2) is 7.92. The van der Waals surface area contributed by atoms with Gasteiger partial charge in [-0.3, -0.25) is 4.79 Å². The van der Waals surface area contributed by atoms with E-state index >= 15 is 0 Å². The van der Waals surface area contributed by atoms with Crippen molar-refractivity contribution >= 4 is 28.3 Å². The molecule has 0 aliphatic rings. The lowest BCUT2D eigenvalue weighted by Crippen LogP contribution is -2.49. The largest absolute Gasteiger partial charge is 0.346 e. The van der Waals surface area contributed by atoms with E-state index in [-0.39, 0.29) is 36.3 Å². The fourth-order valence-electron chi connectivity index (χ4n) is 1.71. The van der Waals surface area contributed by atoms with E-state index < -0.39 is 15.6 Å². The number of amides is 1. The topological polar surface area (TPSA) is 101 Å². The lowest BCUT2D eigenvalue weighted by Gasteiger charge is -2.24. The summed E-state index contributed by atoms with van der Waals surface area (Å²) in [5.41, 5.74) is 6.07. The molecule has 22 heavy (non-hydrogen) atoms.